The van der Waals surface area contributed by atoms with Crippen LogP contribution < -0.4 is 0 Å². The van der Waals surface area contributed by atoms with E-state index in [-0.39, 0.29) is 17.9 Å². The summed E-state index contributed by atoms with van der Waals surface area (Å²) in [6.07, 6.45) is 2.28. The number of aliphatic hydroxyl groups excluding tert-OH is 2. The quantitative estimate of drug-likeness (QED) is 0.399. The standard InChI is InChI=1S/C20H30O5/c1-11-6-5-7-12(2)17(22)18-14(13(3)19(23)24-18)10-16(21)20(4)9-8-15(11)25-20/h12,14-18,21-22H,1,3,5-10H2,2,4H3/t12-,14-,15-,16+,17+,18+,20-/m0/s1. The van der Waals surface area contributed by atoms with Crippen LogP contribution in [0.2, 0.25) is 0 Å². The summed E-state index contributed by atoms with van der Waals surface area (Å²) in [6.45, 7) is 11.9. The second-order valence-electron chi connectivity index (χ2n) is 8.23. The SMILES string of the molecule is C=C1CCC[C@H](C)[C@@H](O)[C@@H]2OC(=O)C(=C)[C@@H]2C[C@@H](O)[C@]2(C)CC[C@@H]1O2. The Kier molecular flexibility index (Phi) is 5.11. The summed E-state index contributed by atoms with van der Waals surface area (Å²) in [4.78, 5) is 12.0. The number of fused-ring (bicyclic) bond motifs is 3. The molecule has 0 spiro atoms. The molecule has 0 radical (unpaired) electrons. The predicted molar refractivity (Wildman–Crippen MR) is 93.8 cm³/mol. The van der Waals surface area contributed by atoms with Crippen molar-refractivity contribution in [3.8, 4) is 0 Å². The Morgan fingerprint density at radius 2 is 1.96 bits per heavy atom. The van der Waals surface area contributed by atoms with Gasteiger partial charge in [0.2, 0.25) is 0 Å². The summed E-state index contributed by atoms with van der Waals surface area (Å²) < 4.78 is 11.6. The zero-order valence-electron chi connectivity index (χ0n) is 15.2. The maximum absolute atomic E-state index is 12.0. The van der Waals surface area contributed by atoms with Crippen LogP contribution in [0.1, 0.15) is 52.4 Å². The van der Waals surface area contributed by atoms with Gasteiger partial charge in [0.25, 0.3) is 0 Å². The first-order valence-corrected chi connectivity index (χ1v) is 9.34. The molecule has 0 aromatic rings. The molecule has 3 rings (SSSR count). The van der Waals surface area contributed by atoms with E-state index in [4.69, 9.17) is 9.47 Å². The lowest BCUT2D eigenvalue weighted by molar-refractivity contribution is -0.147. The maximum Gasteiger partial charge on any atom is 0.334 e. The van der Waals surface area contributed by atoms with Crippen molar-refractivity contribution in [2.75, 3.05) is 0 Å². The van der Waals surface area contributed by atoms with Crippen molar-refractivity contribution < 1.29 is 24.5 Å². The minimum Gasteiger partial charge on any atom is -0.456 e. The maximum atomic E-state index is 12.0. The number of aliphatic hydroxyl groups is 2. The number of carbonyl (C=O) groups excluding carboxylic acids is 1. The van der Waals surface area contributed by atoms with Gasteiger partial charge in [-0.25, -0.2) is 4.79 Å². The normalized spacial score (nSPS) is 46.0. The Morgan fingerprint density at radius 3 is 2.68 bits per heavy atom. The summed E-state index contributed by atoms with van der Waals surface area (Å²) in [5.74, 6) is -0.863. The van der Waals surface area contributed by atoms with Crippen molar-refractivity contribution in [2.24, 2.45) is 11.8 Å². The molecule has 3 saturated heterocycles. The summed E-state index contributed by atoms with van der Waals surface area (Å²) in [6, 6.07) is 0. The molecule has 0 aliphatic carbocycles. The van der Waals surface area contributed by atoms with Gasteiger partial charge in [-0.2, -0.15) is 0 Å². The highest BCUT2D eigenvalue weighted by Gasteiger charge is 2.49. The number of hydrogen-bond acceptors (Lipinski definition) is 5. The molecule has 3 aliphatic rings. The fraction of sp³-hybridized carbons (Fsp3) is 0.750. The first-order chi connectivity index (χ1) is 11.7. The average molecular weight is 350 g/mol. The first kappa shape index (κ1) is 18.6. The Hall–Kier alpha value is -1.17. The lowest BCUT2D eigenvalue weighted by Gasteiger charge is -2.34. The summed E-state index contributed by atoms with van der Waals surface area (Å²) in [5.41, 5.74) is 0.731. The van der Waals surface area contributed by atoms with Gasteiger partial charge in [0, 0.05) is 11.5 Å². The van der Waals surface area contributed by atoms with Crippen molar-refractivity contribution in [3.63, 3.8) is 0 Å². The third kappa shape index (κ3) is 3.42. The number of rotatable bonds is 0. The van der Waals surface area contributed by atoms with E-state index < -0.39 is 29.9 Å². The van der Waals surface area contributed by atoms with E-state index >= 15 is 0 Å². The van der Waals surface area contributed by atoms with E-state index in [1.54, 1.807) is 0 Å². The number of ether oxygens (including phenoxy) is 2. The highest BCUT2D eigenvalue weighted by atomic mass is 16.6. The van der Waals surface area contributed by atoms with Gasteiger partial charge in [-0.05, 0) is 56.9 Å². The molecule has 0 unspecified atom stereocenters. The van der Waals surface area contributed by atoms with Crippen LogP contribution >= 0.6 is 0 Å². The van der Waals surface area contributed by atoms with Gasteiger partial charge in [0.1, 0.15) is 6.10 Å². The fourth-order valence-electron chi connectivity index (χ4n) is 4.40. The van der Waals surface area contributed by atoms with Crippen LogP contribution in [-0.4, -0.2) is 46.2 Å². The Labute approximate surface area is 149 Å². The molecule has 7 atom stereocenters. The molecule has 25 heavy (non-hydrogen) atoms. The van der Waals surface area contributed by atoms with Crippen LogP contribution in [0, 0.1) is 11.8 Å². The van der Waals surface area contributed by atoms with Gasteiger partial charge in [0.05, 0.1) is 23.9 Å². The van der Waals surface area contributed by atoms with Gasteiger partial charge < -0.3 is 19.7 Å². The molecule has 0 aromatic carbocycles. The Morgan fingerprint density at radius 1 is 1.24 bits per heavy atom. The smallest absolute Gasteiger partial charge is 0.334 e. The van der Waals surface area contributed by atoms with Crippen LogP contribution in [0.3, 0.4) is 0 Å². The van der Waals surface area contributed by atoms with Gasteiger partial charge in [-0.3, -0.25) is 0 Å². The molecular weight excluding hydrogens is 320 g/mol. The van der Waals surface area contributed by atoms with Gasteiger partial charge in [0.15, 0.2) is 0 Å². The molecule has 140 valence electrons. The second-order valence-corrected chi connectivity index (χ2v) is 8.23. The summed E-state index contributed by atoms with van der Waals surface area (Å²) in [5, 5.41) is 21.6. The minimum atomic E-state index is -0.764. The van der Waals surface area contributed by atoms with Crippen molar-refractivity contribution in [1.29, 1.82) is 0 Å². The summed E-state index contributed by atoms with van der Waals surface area (Å²) in [7, 11) is 0. The van der Waals surface area contributed by atoms with Crippen molar-refractivity contribution in [2.45, 2.75) is 82.4 Å². The zero-order valence-corrected chi connectivity index (χ0v) is 15.2. The zero-order chi connectivity index (χ0) is 18.4. The number of hydrogen-bond donors (Lipinski definition) is 2. The van der Waals surface area contributed by atoms with Crippen LogP contribution in [0.4, 0.5) is 0 Å². The molecule has 0 aromatic heterocycles. The van der Waals surface area contributed by atoms with E-state index in [0.717, 1.165) is 37.7 Å². The van der Waals surface area contributed by atoms with E-state index in [9.17, 15) is 15.0 Å². The number of esters is 1. The lowest BCUT2D eigenvalue weighted by atomic mass is 9.80. The molecule has 0 saturated carbocycles. The molecule has 3 heterocycles. The predicted octanol–water partition coefficient (Wildman–Crippen LogP) is 2.51. The molecule has 5 nitrogen and oxygen atoms in total. The van der Waals surface area contributed by atoms with E-state index in [2.05, 4.69) is 13.2 Å². The van der Waals surface area contributed by atoms with Crippen molar-refractivity contribution in [3.05, 3.63) is 24.3 Å². The van der Waals surface area contributed by atoms with Crippen LogP contribution in [0.25, 0.3) is 0 Å². The molecule has 0 amide bonds. The topological polar surface area (TPSA) is 76.0 Å². The second kappa shape index (κ2) is 6.86. The fourth-order valence-corrected chi connectivity index (χ4v) is 4.40. The van der Waals surface area contributed by atoms with E-state index in [1.807, 2.05) is 13.8 Å². The molecule has 5 heteroatoms. The van der Waals surface area contributed by atoms with E-state index in [0.29, 0.717) is 12.0 Å². The van der Waals surface area contributed by atoms with Crippen LogP contribution in [-0.2, 0) is 14.3 Å². The van der Waals surface area contributed by atoms with Crippen molar-refractivity contribution in [1.82, 2.24) is 0 Å². The van der Waals surface area contributed by atoms with E-state index in [1.165, 1.54) is 0 Å². The largest absolute Gasteiger partial charge is 0.456 e. The monoisotopic (exact) mass is 350 g/mol. The van der Waals surface area contributed by atoms with Gasteiger partial charge in [-0.15, -0.1) is 0 Å². The van der Waals surface area contributed by atoms with Crippen LogP contribution in [0.5, 0.6) is 0 Å². The van der Waals surface area contributed by atoms with Crippen molar-refractivity contribution >= 4 is 5.97 Å². The average Bonchev–Trinajstić information content (AvgIpc) is 3.10. The third-order valence-corrected chi connectivity index (χ3v) is 6.38. The highest BCUT2D eigenvalue weighted by molar-refractivity contribution is 5.90. The van der Waals surface area contributed by atoms with Gasteiger partial charge in [-0.1, -0.05) is 20.1 Å². The highest BCUT2D eigenvalue weighted by Crippen LogP contribution is 2.42. The first-order valence-electron chi connectivity index (χ1n) is 9.34. The minimum absolute atomic E-state index is 0.00871. The third-order valence-electron chi connectivity index (χ3n) is 6.38. The van der Waals surface area contributed by atoms with Crippen LogP contribution in [0.15, 0.2) is 24.3 Å². The Balaban J connectivity index is 1.88. The molecule has 2 bridgehead atoms. The molecule has 2 N–H and O–H groups in total. The Bertz CT molecular complexity index is 570. The molecular formula is C20H30O5. The number of carbonyl (C=O) groups is 1. The lowest BCUT2D eigenvalue weighted by Crippen LogP contribution is -2.44. The van der Waals surface area contributed by atoms with Gasteiger partial charge >= 0.3 is 5.97 Å². The summed E-state index contributed by atoms with van der Waals surface area (Å²) >= 11 is 0. The molecule has 3 aliphatic heterocycles. The molecule has 3 fully saturated rings.